The zero-order valence-corrected chi connectivity index (χ0v) is 15.1. The Morgan fingerprint density at radius 1 is 1.00 bits per heavy atom. The van der Waals surface area contributed by atoms with Crippen molar-refractivity contribution in [2.24, 2.45) is 0 Å². The molecule has 0 aliphatic heterocycles. The van der Waals surface area contributed by atoms with E-state index in [0.29, 0.717) is 30.3 Å². The zero-order chi connectivity index (χ0) is 17.9. The molecule has 1 aromatic rings. The third-order valence-corrected chi connectivity index (χ3v) is 3.69. The summed E-state index contributed by atoms with van der Waals surface area (Å²) in [6.45, 7) is 5.34. The normalized spacial score (nSPS) is 10.2. The number of ether oxygens (including phenoxy) is 2. The van der Waals surface area contributed by atoms with Crippen molar-refractivity contribution in [2.45, 2.75) is 39.5 Å². The fourth-order valence-electron chi connectivity index (χ4n) is 2.25. The van der Waals surface area contributed by atoms with Crippen LogP contribution in [0.3, 0.4) is 0 Å². The zero-order valence-electron chi connectivity index (χ0n) is 15.1. The van der Waals surface area contributed by atoms with E-state index in [1.54, 1.807) is 30.2 Å². The summed E-state index contributed by atoms with van der Waals surface area (Å²) in [7, 11) is 3.06. The molecule has 6 nitrogen and oxygen atoms in total. The third-order valence-electron chi connectivity index (χ3n) is 3.69. The maximum Gasteiger partial charge on any atom is 0.313 e. The molecule has 0 spiro atoms. The quantitative estimate of drug-likeness (QED) is 0.704. The number of methoxy groups -OCH3 is 2. The van der Waals surface area contributed by atoms with Crippen molar-refractivity contribution >= 4 is 17.5 Å². The molecule has 0 fully saturated rings. The first-order chi connectivity index (χ1) is 11.6. The van der Waals surface area contributed by atoms with Crippen LogP contribution in [0.25, 0.3) is 0 Å². The van der Waals surface area contributed by atoms with Crippen molar-refractivity contribution in [1.82, 2.24) is 4.90 Å². The molecule has 0 radical (unpaired) electrons. The summed E-state index contributed by atoms with van der Waals surface area (Å²) in [5.74, 6) is -0.0629. The second-order valence-electron chi connectivity index (χ2n) is 5.52. The average molecular weight is 336 g/mol. The molecule has 0 saturated heterocycles. The summed E-state index contributed by atoms with van der Waals surface area (Å²) in [4.78, 5) is 26.3. The van der Waals surface area contributed by atoms with Crippen LogP contribution in [-0.4, -0.2) is 44.0 Å². The summed E-state index contributed by atoms with van der Waals surface area (Å²) in [5, 5.41) is 2.64. The molecular formula is C18H28N2O4. The van der Waals surface area contributed by atoms with E-state index in [1.165, 1.54) is 7.11 Å². The van der Waals surface area contributed by atoms with E-state index in [4.69, 9.17) is 9.47 Å². The van der Waals surface area contributed by atoms with Crippen LogP contribution in [0.15, 0.2) is 18.2 Å². The lowest BCUT2D eigenvalue weighted by Gasteiger charge is -2.21. The predicted octanol–water partition coefficient (Wildman–Crippen LogP) is 3.07. The van der Waals surface area contributed by atoms with Gasteiger partial charge in [-0.25, -0.2) is 0 Å². The number of hydrogen-bond acceptors (Lipinski definition) is 4. The van der Waals surface area contributed by atoms with Gasteiger partial charge in [0.15, 0.2) is 11.5 Å². The molecule has 1 N–H and O–H groups in total. The van der Waals surface area contributed by atoms with E-state index in [-0.39, 0.29) is 0 Å². The molecule has 0 atom stereocenters. The first kappa shape index (κ1) is 19.8. The van der Waals surface area contributed by atoms with Crippen LogP contribution in [0, 0.1) is 0 Å². The lowest BCUT2D eigenvalue weighted by atomic mass is 10.2. The van der Waals surface area contributed by atoms with Crippen molar-refractivity contribution in [2.75, 3.05) is 32.6 Å². The first-order valence-electron chi connectivity index (χ1n) is 8.39. The second-order valence-corrected chi connectivity index (χ2v) is 5.52. The van der Waals surface area contributed by atoms with Crippen LogP contribution in [0.5, 0.6) is 11.5 Å². The fourth-order valence-corrected chi connectivity index (χ4v) is 2.25. The van der Waals surface area contributed by atoms with Crippen molar-refractivity contribution in [3.05, 3.63) is 18.2 Å². The highest BCUT2D eigenvalue weighted by atomic mass is 16.5. The number of amides is 2. The highest BCUT2D eigenvalue weighted by molar-refractivity contribution is 6.39. The molecular weight excluding hydrogens is 308 g/mol. The maximum atomic E-state index is 12.4. The second kappa shape index (κ2) is 10.5. The first-order valence-corrected chi connectivity index (χ1v) is 8.39. The number of nitrogens with one attached hydrogen (secondary N) is 1. The van der Waals surface area contributed by atoms with E-state index in [9.17, 15) is 9.59 Å². The SMILES string of the molecule is CCCCN(CCCC)C(=O)C(=O)Nc1ccc(OC)c(OC)c1. The van der Waals surface area contributed by atoms with Gasteiger partial charge in [-0.05, 0) is 25.0 Å². The van der Waals surface area contributed by atoms with Crippen molar-refractivity contribution in [1.29, 1.82) is 0 Å². The molecule has 0 aromatic heterocycles. The molecule has 0 unspecified atom stereocenters. The molecule has 0 bridgehead atoms. The predicted molar refractivity (Wildman–Crippen MR) is 94.6 cm³/mol. The van der Waals surface area contributed by atoms with Gasteiger partial charge in [-0.2, -0.15) is 0 Å². The lowest BCUT2D eigenvalue weighted by Crippen LogP contribution is -2.40. The Labute approximate surface area is 144 Å². The number of benzene rings is 1. The smallest absolute Gasteiger partial charge is 0.313 e. The Morgan fingerprint density at radius 3 is 2.08 bits per heavy atom. The Balaban J connectivity index is 2.78. The van der Waals surface area contributed by atoms with Crippen LogP contribution in [0.2, 0.25) is 0 Å². The van der Waals surface area contributed by atoms with E-state index < -0.39 is 11.8 Å². The van der Waals surface area contributed by atoms with Crippen LogP contribution < -0.4 is 14.8 Å². The van der Waals surface area contributed by atoms with Gasteiger partial charge < -0.3 is 19.7 Å². The number of anilines is 1. The minimum Gasteiger partial charge on any atom is -0.493 e. The van der Waals surface area contributed by atoms with Gasteiger partial charge >= 0.3 is 11.8 Å². The third kappa shape index (κ3) is 5.76. The van der Waals surface area contributed by atoms with Gasteiger partial charge in [0.1, 0.15) is 0 Å². The number of hydrogen-bond donors (Lipinski definition) is 1. The lowest BCUT2D eigenvalue weighted by molar-refractivity contribution is -0.143. The largest absolute Gasteiger partial charge is 0.493 e. The molecule has 0 aliphatic rings. The molecule has 24 heavy (non-hydrogen) atoms. The summed E-state index contributed by atoms with van der Waals surface area (Å²) >= 11 is 0. The number of carbonyl (C=O) groups excluding carboxylic acids is 2. The minimum absolute atomic E-state index is 0.494. The van der Waals surface area contributed by atoms with E-state index >= 15 is 0 Å². The van der Waals surface area contributed by atoms with E-state index in [1.807, 2.05) is 0 Å². The summed E-state index contributed by atoms with van der Waals surface area (Å²) in [6.07, 6.45) is 3.73. The summed E-state index contributed by atoms with van der Waals surface area (Å²) in [5.41, 5.74) is 0.497. The average Bonchev–Trinajstić information content (AvgIpc) is 2.61. The Kier molecular flexibility index (Phi) is 8.68. The summed E-state index contributed by atoms with van der Waals surface area (Å²) in [6, 6.07) is 4.99. The van der Waals surface area contributed by atoms with Gasteiger partial charge in [0.25, 0.3) is 0 Å². The maximum absolute atomic E-state index is 12.4. The van der Waals surface area contributed by atoms with E-state index in [0.717, 1.165) is 25.7 Å². The Bertz CT molecular complexity index is 538. The highest BCUT2D eigenvalue weighted by Crippen LogP contribution is 2.29. The van der Waals surface area contributed by atoms with Crippen molar-refractivity contribution in [3.63, 3.8) is 0 Å². The standard InChI is InChI=1S/C18H28N2O4/c1-5-7-11-20(12-8-6-2)18(22)17(21)19-14-9-10-15(23-3)16(13-14)24-4/h9-10,13H,5-8,11-12H2,1-4H3,(H,19,21). The highest BCUT2D eigenvalue weighted by Gasteiger charge is 2.21. The van der Waals surface area contributed by atoms with E-state index in [2.05, 4.69) is 19.2 Å². The van der Waals surface area contributed by atoms with Gasteiger partial charge in [0, 0.05) is 24.8 Å². The Morgan fingerprint density at radius 2 is 1.58 bits per heavy atom. The number of carbonyl (C=O) groups is 2. The monoisotopic (exact) mass is 336 g/mol. The number of nitrogens with zero attached hydrogens (tertiary/aromatic N) is 1. The van der Waals surface area contributed by atoms with Crippen molar-refractivity contribution < 1.29 is 19.1 Å². The number of rotatable bonds is 9. The van der Waals surface area contributed by atoms with Gasteiger partial charge in [0.2, 0.25) is 0 Å². The number of unbranched alkanes of at least 4 members (excludes halogenated alkanes) is 2. The fraction of sp³-hybridized carbons (Fsp3) is 0.556. The van der Waals surface area contributed by atoms with Gasteiger partial charge in [-0.1, -0.05) is 26.7 Å². The van der Waals surface area contributed by atoms with Gasteiger partial charge in [-0.3, -0.25) is 9.59 Å². The molecule has 0 heterocycles. The molecule has 1 rings (SSSR count). The molecule has 2 amide bonds. The van der Waals surface area contributed by atoms with Crippen LogP contribution in [0.1, 0.15) is 39.5 Å². The summed E-state index contributed by atoms with van der Waals surface area (Å²) < 4.78 is 10.4. The van der Waals surface area contributed by atoms with Gasteiger partial charge in [-0.15, -0.1) is 0 Å². The minimum atomic E-state index is -0.630. The van der Waals surface area contributed by atoms with Gasteiger partial charge in [0.05, 0.1) is 14.2 Å². The van der Waals surface area contributed by atoms with Crippen molar-refractivity contribution in [3.8, 4) is 11.5 Å². The van der Waals surface area contributed by atoms with Crippen LogP contribution in [-0.2, 0) is 9.59 Å². The molecule has 1 aromatic carbocycles. The topological polar surface area (TPSA) is 67.9 Å². The molecule has 0 saturated carbocycles. The molecule has 0 aliphatic carbocycles. The molecule has 134 valence electrons. The Hall–Kier alpha value is -2.24. The molecule has 6 heteroatoms. The van der Waals surface area contributed by atoms with Crippen LogP contribution in [0.4, 0.5) is 5.69 Å². The van der Waals surface area contributed by atoms with Crippen LogP contribution >= 0.6 is 0 Å².